The third-order valence-electron chi connectivity index (χ3n) is 5.84. The number of alkyl carbamates (subject to hydrolysis) is 1. The summed E-state index contributed by atoms with van der Waals surface area (Å²) in [7, 11) is 0. The van der Waals surface area contributed by atoms with Crippen LogP contribution < -0.4 is 5.32 Å². The van der Waals surface area contributed by atoms with Gasteiger partial charge in [0.15, 0.2) is 0 Å². The molecule has 0 saturated carbocycles. The third kappa shape index (κ3) is 12.0. The molecule has 7 heteroatoms. The van der Waals surface area contributed by atoms with E-state index in [1.165, 1.54) is 0 Å². The van der Waals surface area contributed by atoms with Crippen LogP contribution >= 0.6 is 0 Å². The van der Waals surface area contributed by atoms with Crippen LogP contribution in [0.25, 0.3) is 0 Å². The van der Waals surface area contributed by atoms with Crippen LogP contribution in [-0.2, 0) is 38.8 Å². The number of nitrogens with one attached hydrogen (secondary N) is 1. The fourth-order valence-corrected chi connectivity index (χ4v) is 3.95. The van der Waals surface area contributed by atoms with Crippen LogP contribution in [0.5, 0.6) is 0 Å². The first-order valence-corrected chi connectivity index (χ1v) is 13.4. The summed E-state index contributed by atoms with van der Waals surface area (Å²) in [5.41, 5.74) is 2.40. The first-order chi connectivity index (χ1) is 18.8. The van der Waals surface area contributed by atoms with Gasteiger partial charge in [-0.15, -0.1) is 0 Å². The zero-order valence-electron chi connectivity index (χ0n) is 23.1. The summed E-state index contributed by atoms with van der Waals surface area (Å²) in [4.78, 5) is 12.2. The summed E-state index contributed by atoms with van der Waals surface area (Å²) in [6.45, 7) is 6.81. The lowest BCUT2D eigenvalue weighted by atomic mass is 10.0. The average molecular weight is 536 g/mol. The van der Waals surface area contributed by atoms with Crippen molar-refractivity contribution in [3.05, 3.63) is 108 Å². The van der Waals surface area contributed by atoms with E-state index in [0.29, 0.717) is 26.2 Å². The van der Waals surface area contributed by atoms with E-state index in [2.05, 4.69) is 5.32 Å². The maximum Gasteiger partial charge on any atom is 0.407 e. The molecular formula is C32H41NO6. The Morgan fingerprint density at radius 3 is 1.77 bits per heavy atom. The minimum Gasteiger partial charge on any atom is -0.444 e. The second kappa shape index (κ2) is 16.0. The number of ether oxygens (including phenoxy) is 4. The highest BCUT2D eigenvalue weighted by Crippen LogP contribution is 2.19. The number of carbonyl (C=O) groups is 1. The Morgan fingerprint density at radius 1 is 0.769 bits per heavy atom. The van der Waals surface area contributed by atoms with Crippen LogP contribution in [0, 0.1) is 0 Å². The van der Waals surface area contributed by atoms with E-state index in [4.69, 9.17) is 18.9 Å². The Kier molecular flexibility index (Phi) is 12.4. The van der Waals surface area contributed by atoms with E-state index >= 15 is 0 Å². The van der Waals surface area contributed by atoms with E-state index in [-0.39, 0.29) is 13.2 Å². The van der Waals surface area contributed by atoms with Gasteiger partial charge in [0.2, 0.25) is 0 Å². The minimum absolute atomic E-state index is 0.0685. The monoisotopic (exact) mass is 535 g/mol. The minimum atomic E-state index is -0.959. The first kappa shape index (κ1) is 30.3. The van der Waals surface area contributed by atoms with E-state index < -0.39 is 30.0 Å². The molecule has 0 aromatic heterocycles. The summed E-state index contributed by atoms with van der Waals surface area (Å²) in [6, 6.07) is 29.4. The Hall–Kier alpha value is -3.23. The lowest BCUT2D eigenvalue weighted by Crippen LogP contribution is -2.45. The van der Waals surface area contributed by atoms with Gasteiger partial charge in [0.25, 0.3) is 0 Å². The normalized spacial score (nSPS) is 13.8. The van der Waals surface area contributed by atoms with E-state index in [9.17, 15) is 9.90 Å². The molecule has 0 bridgehead atoms. The van der Waals surface area contributed by atoms with Crippen molar-refractivity contribution in [2.75, 3.05) is 13.2 Å². The van der Waals surface area contributed by atoms with Gasteiger partial charge in [0, 0.05) is 6.54 Å². The van der Waals surface area contributed by atoms with E-state index in [0.717, 1.165) is 16.7 Å². The molecule has 0 aliphatic rings. The van der Waals surface area contributed by atoms with Gasteiger partial charge in [-0.25, -0.2) is 4.79 Å². The molecule has 210 valence electrons. The Bertz CT molecular complexity index is 1070. The number of hydrogen-bond acceptors (Lipinski definition) is 6. The number of aliphatic hydroxyl groups is 1. The second-order valence-electron chi connectivity index (χ2n) is 10.4. The molecule has 0 heterocycles. The Balaban J connectivity index is 1.70. The number of carbonyl (C=O) groups excluding carboxylic acids is 1. The van der Waals surface area contributed by atoms with Gasteiger partial charge < -0.3 is 29.4 Å². The van der Waals surface area contributed by atoms with Crippen LogP contribution in [0.4, 0.5) is 4.79 Å². The van der Waals surface area contributed by atoms with Crippen molar-refractivity contribution in [2.45, 2.75) is 70.9 Å². The van der Waals surface area contributed by atoms with Crippen molar-refractivity contribution in [3.63, 3.8) is 0 Å². The SMILES string of the molecule is CC(C)(C)OC(=O)NCC[C@@H](OCc1ccccc1)[C@H](OCc1ccccc1)[C@H](O)COCc1ccccc1. The Morgan fingerprint density at radius 2 is 1.26 bits per heavy atom. The number of aliphatic hydroxyl groups excluding tert-OH is 1. The number of rotatable bonds is 15. The summed E-state index contributed by atoms with van der Waals surface area (Å²) in [6.07, 6.45) is -2.29. The second-order valence-corrected chi connectivity index (χ2v) is 10.4. The highest BCUT2D eigenvalue weighted by Gasteiger charge is 2.31. The molecule has 0 unspecified atom stereocenters. The van der Waals surface area contributed by atoms with Gasteiger partial charge in [-0.05, 0) is 43.9 Å². The van der Waals surface area contributed by atoms with E-state index in [1.807, 2.05) is 112 Å². The van der Waals surface area contributed by atoms with Gasteiger partial charge in [-0.1, -0.05) is 91.0 Å². The number of amides is 1. The van der Waals surface area contributed by atoms with Gasteiger partial charge >= 0.3 is 6.09 Å². The largest absolute Gasteiger partial charge is 0.444 e. The van der Waals surface area contributed by atoms with Gasteiger partial charge in [-0.2, -0.15) is 0 Å². The predicted octanol–water partition coefficient (Wildman–Crippen LogP) is 5.65. The van der Waals surface area contributed by atoms with Gasteiger partial charge in [0.05, 0.1) is 32.5 Å². The molecule has 3 atom stereocenters. The average Bonchev–Trinajstić information content (AvgIpc) is 2.92. The molecule has 3 aromatic carbocycles. The predicted molar refractivity (Wildman–Crippen MR) is 151 cm³/mol. The molecule has 39 heavy (non-hydrogen) atoms. The van der Waals surface area contributed by atoms with Crippen LogP contribution in [-0.4, -0.2) is 48.3 Å². The van der Waals surface area contributed by atoms with Crippen molar-refractivity contribution >= 4 is 6.09 Å². The molecule has 1 amide bonds. The van der Waals surface area contributed by atoms with Gasteiger partial charge in [-0.3, -0.25) is 0 Å². The molecule has 0 aliphatic carbocycles. The molecular weight excluding hydrogens is 494 g/mol. The fourth-order valence-electron chi connectivity index (χ4n) is 3.95. The highest BCUT2D eigenvalue weighted by atomic mass is 16.6. The maximum absolute atomic E-state index is 12.2. The van der Waals surface area contributed by atoms with Crippen LogP contribution in [0.15, 0.2) is 91.0 Å². The van der Waals surface area contributed by atoms with Crippen molar-refractivity contribution in [1.82, 2.24) is 5.32 Å². The topological polar surface area (TPSA) is 86.3 Å². The van der Waals surface area contributed by atoms with E-state index in [1.54, 1.807) is 0 Å². The van der Waals surface area contributed by atoms with Gasteiger partial charge in [0.1, 0.15) is 17.8 Å². The molecule has 0 aliphatic heterocycles. The van der Waals surface area contributed by atoms with Crippen LogP contribution in [0.2, 0.25) is 0 Å². The smallest absolute Gasteiger partial charge is 0.407 e. The lowest BCUT2D eigenvalue weighted by Gasteiger charge is -2.31. The molecule has 3 aromatic rings. The first-order valence-electron chi connectivity index (χ1n) is 13.4. The molecule has 2 N–H and O–H groups in total. The van der Waals surface area contributed by atoms with Crippen LogP contribution in [0.1, 0.15) is 43.9 Å². The molecule has 0 radical (unpaired) electrons. The fraction of sp³-hybridized carbons (Fsp3) is 0.406. The molecule has 0 saturated heterocycles. The molecule has 7 nitrogen and oxygen atoms in total. The third-order valence-corrected chi connectivity index (χ3v) is 5.84. The van der Waals surface area contributed by atoms with Crippen LogP contribution in [0.3, 0.4) is 0 Å². The highest BCUT2D eigenvalue weighted by molar-refractivity contribution is 5.67. The lowest BCUT2D eigenvalue weighted by molar-refractivity contribution is -0.149. The maximum atomic E-state index is 12.2. The van der Waals surface area contributed by atoms with Crippen molar-refractivity contribution in [1.29, 1.82) is 0 Å². The summed E-state index contributed by atoms with van der Waals surface area (Å²) < 4.78 is 23.8. The van der Waals surface area contributed by atoms with Crippen molar-refractivity contribution in [3.8, 4) is 0 Å². The quantitative estimate of drug-likeness (QED) is 0.262. The zero-order chi connectivity index (χ0) is 27.9. The summed E-state index contributed by atoms with van der Waals surface area (Å²) in [5.74, 6) is 0. The zero-order valence-corrected chi connectivity index (χ0v) is 23.1. The number of hydrogen-bond donors (Lipinski definition) is 2. The molecule has 3 rings (SSSR count). The summed E-state index contributed by atoms with van der Waals surface area (Å²) >= 11 is 0. The van der Waals surface area contributed by atoms with Crippen molar-refractivity contribution in [2.24, 2.45) is 0 Å². The molecule has 0 spiro atoms. The number of benzene rings is 3. The molecule has 0 fully saturated rings. The van der Waals surface area contributed by atoms with Crippen molar-refractivity contribution < 1.29 is 28.8 Å². The summed E-state index contributed by atoms with van der Waals surface area (Å²) in [5, 5.41) is 14.0. The Labute approximate surface area is 232 Å². The standard InChI is InChI=1S/C32H41NO6/c1-32(2,3)39-31(35)33-20-19-29(37-22-26-15-9-5-10-16-26)30(38-23-27-17-11-6-12-18-27)28(34)24-36-21-25-13-7-4-8-14-25/h4-18,28-30,34H,19-24H2,1-3H3,(H,33,35)/t28-,29-,30-/m1/s1.